The van der Waals surface area contributed by atoms with Gasteiger partial charge in [0.2, 0.25) is 0 Å². The van der Waals surface area contributed by atoms with Crippen molar-refractivity contribution in [3.05, 3.63) is 33.9 Å². The fraction of sp³-hybridized carbons (Fsp3) is 0.300. The summed E-state index contributed by atoms with van der Waals surface area (Å²) in [6.45, 7) is 0. The molecule has 0 heterocycles. The molecule has 1 aromatic rings. The van der Waals surface area contributed by atoms with Crippen LogP contribution in [0.3, 0.4) is 0 Å². The molecule has 0 fully saturated rings. The molecule has 86 valence electrons. The lowest BCUT2D eigenvalue weighted by Gasteiger charge is -2.11. The summed E-state index contributed by atoms with van der Waals surface area (Å²) in [5.41, 5.74) is 0.704. The van der Waals surface area contributed by atoms with E-state index < -0.39 is 4.92 Å². The van der Waals surface area contributed by atoms with E-state index in [1.807, 2.05) is 0 Å². The lowest BCUT2D eigenvalue weighted by molar-refractivity contribution is -0.383. The van der Waals surface area contributed by atoms with Crippen LogP contribution in [0.2, 0.25) is 0 Å². The highest BCUT2D eigenvalue weighted by Crippen LogP contribution is 2.25. The number of nitro groups is 1. The zero-order valence-electron chi connectivity index (χ0n) is 9.35. The topological polar surface area (TPSA) is 75.5 Å². The number of nitro benzene ring substituents is 1. The van der Waals surface area contributed by atoms with Gasteiger partial charge in [-0.15, -0.1) is 0 Å². The van der Waals surface area contributed by atoms with Gasteiger partial charge in [0.05, 0.1) is 4.92 Å². The molecule has 16 heavy (non-hydrogen) atoms. The molecule has 0 aromatic heterocycles. The highest BCUT2D eigenvalue weighted by Gasteiger charge is 2.16. The molecule has 0 aliphatic heterocycles. The Bertz CT molecular complexity index is 429. The van der Waals surface area contributed by atoms with Gasteiger partial charge in [0, 0.05) is 32.8 Å². The van der Waals surface area contributed by atoms with Crippen LogP contribution in [-0.4, -0.2) is 36.9 Å². The first-order valence-corrected chi connectivity index (χ1v) is 4.65. The molecule has 0 atom stereocenters. The molecule has 0 aliphatic carbocycles. The average Bonchev–Trinajstić information content (AvgIpc) is 2.26. The maximum absolute atomic E-state index is 11.6. The van der Waals surface area contributed by atoms with Crippen LogP contribution in [0.1, 0.15) is 10.4 Å². The number of nitrogens with one attached hydrogen (secondary N) is 1. The molecule has 1 rings (SSSR count). The third-order valence-electron chi connectivity index (χ3n) is 2.12. The van der Waals surface area contributed by atoms with Crippen LogP contribution >= 0.6 is 0 Å². The minimum atomic E-state index is -0.490. The molecule has 1 aromatic carbocycles. The molecule has 0 aliphatic rings. The maximum Gasteiger partial charge on any atom is 0.292 e. The van der Waals surface area contributed by atoms with Crippen LogP contribution in [0.5, 0.6) is 0 Å². The van der Waals surface area contributed by atoms with Gasteiger partial charge < -0.3 is 10.2 Å². The van der Waals surface area contributed by atoms with E-state index in [2.05, 4.69) is 5.32 Å². The van der Waals surface area contributed by atoms with Crippen LogP contribution in [0.15, 0.2) is 18.2 Å². The SMILES string of the molecule is CNc1cc(C(=O)N(C)C)ccc1[N+](=O)[O-]. The first kappa shape index (κ1) is 12.0. The van der Waals surface area contributed by atoms with Gasteiger partial charge in [0.1, 0.15) is 5.69 Å². The second-order valence-corrected chi connectivity index (χ2v) is 3.44. The van der Waals surface area contributed by atoms with Crippen molar-refractivity contribution in [2.24, 2.45) is 0 Å². The number of carbonyl (C=O) groups excluding carboxylic acids is 1. The highest BCUT2D eigenvalue weighted by atomic mass is 16.6. The van der Waals surface area contributed by atoms with E-state index in [0.29, 0.717) is 11.3 Å². The van der Waals surface area contributed by atoms with Crippen molar-refractivity contribution in [3.8, 4) is 0 Å². The zero-order valence-corrected chi connectivity index (χ0v) is 9.35. The second kappa shape index (κ2) is 4.61. The number of carbonyl (C=O) groups is 1. The van der Waals surface area contributed by atoms with E-state index in [1.165, 1.54) is 23.1 Å². The molecule has 0 bridgehead atoms. The smallest absolute Gasteiger partial charge is 0.292 e. The van der Waals surface area contributed by atoms with Crippen molar-refractivity contribution in [1.82, 2.24) is 4.90 Å². The number of anilines is 1. The van der Waals surface area contributed by atoms with Crippen molar-refractivity contribution in [2.45, 2.75) is 0 Å². The minimum absolute atomic E-state index is 0.0437. The van der Waals surface area contributed by atoms with Gasteiger partial charge in [-0.1, -0.05) is 0 Å². The predicted octanol–water partition coefficient (Wildman–Crippen LogP) is 1.34. The normalized spacial score (nSPS) is 9.69. The third-order valence-corrected chi connectivity index (χ3v) is 2.12. The van der Waals surface area contributed by atoms with Gasteiger partial charge in [-0.2, -0.15) is 0 Å². The van der Waals surface area contributed by atoms with E-state index in [0.717, 1.165) is 0 Å². The van der Waals surface area contributed by atoms with Gasteiger partial charge >= 0.3 is 0 Å². The summed E-state index contributed by atoms with van der Waals surface area (Å²) in [7, 11) is 4.83. The van der Waals surface area contributed by atoms with Crippen molar-refractivity contribution in [2.75, 3.05) is 26.5 Å². The Morgan fingerprint density at radius 1 is 1.44 bits per heavy atom. The molecule has 0 unspecified atom stereocenters. The number of amides is 1. The Kier molecular flexibility index (Phi) is 3.44. The summed E-state index contributed by atoms with van der Waals surface area (Å²) in [6.07, 6.45) is 0. The Morgan fingerprint density at radius 3 is 2.50 bits per heavy atom. The summed E-state index contributed by atoms with van der Waals surface area (Å²) in [5, 5.41) is 13.4. The Morgan fingerprint density at radius 2 is 2.06 bits per heavy atom. The summed E-state index contributed by atoms with van der Waals surface area (Å²) in [4.78, 5) is 23.2. The molecule has 1 amide bonds. The molecule has 0 saturated heterocycles. The molecule has 0 radical (unpaired) electrons. The quantitative estimate of drug-likeness (QED) is 0.619. The van der Waals surface area contributed by atoms with Gasteiger partial charge in [0.15, 0.2) is 0 Å². The summed E-state index contributed by atoms with van der Waals surface area (Å²) < 4.78 is 0. The first-order chi connectivity index (χ1) is 7.47. The largest absolute Gasteiger partial charge is 0.383 e. The van der Waals surface area contributed by atoms with Crippen LogP contribution < -0.4 is 5.32 Å². The maximum atomic E-state index is 11.6. The monoisotopic (exact) mass is 223 g/mol. The van der Waals surface area contributed by atoms with E-state index in [-0.39, 0.29) is 11.6 Å². The van der Waals surface area contributed by atoms with Gasteiger partial charge in [0.25, 0.3) is 11.6 Å². The Labute approximate surface area is 93.0 Å². The lowest BCUT2D eigenvalue weighted by atomic mass is 10.1. The standard InChI is InChI=1S/C10H13N3O3/c1-11-8-6-7(10(14)12(2)3)4-5-9(8)13(15)16/h4-6,11H,1-3H3. The highest BCUT2D eigenvalue weighted by molar-refractivity contribution is 5.95. The van der Waals surface area contributed by atoms with E-state index >= 15 is 0 Å². The van der Waals surface area contributed by atoms with Crippen molar-refractivity contribution >= 4 is 17.3 Å². The van der Waals surface area contributed by atoms with Gasteiger partial charge in [-0.25, -0.2) is 0 Å². The molecule has 6 heteroatoms. The summed E-state index contributed by atoms with van der Waals surface area (Å²) >= 11 is 0. The third kappa shape index (κ3) is 2.28. The fourth-order valence-corrected chi connectivity index (χ4v) is 1.29. The lowest BCUT2D eigenvalue weighted by Crippen LogP contribution is -2.21. The molecule has 0 saturated carbocycles. The van der Waals surface area contributed by atoms with E-state index in [9.17, 15) is 14.9 Å². The number of rotatable bonds is 3. The molecule has 0 spiro atoms. The van der Waals surface area contributed by atoms with Crippen molar-refractivity contribution in [3.63, 3.8) is 0 Å². The van der Waals surface area contributed by atoms with Crippen LogP contribution in [0.4, 0.5) is 11.4 Å². The van der Waals surface area contributed by atoms with Gasteiger partial charge in [-0.3, -0.25) is 14.9 Å². The number of nitrogens with zero attached hydrogens (tertiary/aromatic N) is 2. The molecule has 1 N–H and O–H groups in total. The van der Waals surface area contributed by atoms with Gasteiger partial charge in [-0.05, 0) is 12.1 Å². The van der Waals surface area contributed by atoms with Crippen molar-refractivity contribution in [1.29, 1.82) is 0 Å². The molecular formula is C10H13N3O3. The summed E-state index contributed by atoms with van der Waals surface area (Å²) in [6, 6.07) is 4.24. The number of hydrogen-bond donors (Lipinski definition) is 1. The summed E-state index contributed by atoms with van der Waals surface area (Å²) in [5.74, 6) is -0.189. The van der Waals surface area contributed by atoms with E-state index in [4.69, 9.17) is 0 Å². The van der Waals surface area contributed by atoms with E-state index in [1.54, 1.807) is 21.1 Å². The minimum Gasteiger partial charge on any atom is -0.383 e. The second-order valence-electron chi connectivity index (χ2n) is 3.44. The Balaban J connectivity index is 3.19. The first-order valence-electron chi connectivity index (χ1n) is 4.65. The van der Waals surface area contributed by atoms with Crippen LogP contribution in [0.25, 0.3) is 0 Å². The predicted molar refractivity (Wildman–Crippen MR) is 60.7 cm³/mol. The molecule has 6 nitrogen and oxygen atoms in total. The Hall–Kier alpha value is -2.11. The zero-order chi connectivity index (χ0) is 12.3. The average molecular weight is 223 g/mol. The molecular weight excluding hydrogens is 210 g/mol. The van der Waals surface area contributed by atoms with Crippen LogP contribution in [-0.2, 0) is 0 Å². The number of hydrogen-bond acceptors (Lipinski definition) is 4. The van der Waals surface area contributed by atoms with Crippen LogP contribution in [0, 0.1) is 10.1 Å². The van der Waals surface area contributed by atoms with Crippen molar-refractivity contribution < 1.29 is 9.72 Å². The number of benzene rings is 1. The fourth-order valence-electron chi connectivity index (χ4n) is 1.29.